The van der Waals surface area contributed by atoms with Crippen molar-refractivity contribution in [2.45, 2.75) is 24.7 Å². The Morgan fingerprint density at radius 2 is 1.70 bits per heavy atom. The van der Waals surface area contributed by atoms with Gasteiger partial charge in [0.2, 0.25) is 5.91 Å². The van der Waals surface area contributed by atoms with Crippen molar-refractivity contribution >= 4 is 38.9 Å². The molecular formula is C23H21ClN2O3S. The third-order valence-electron chi connectivity index (χ3n) is 5.14. The first kappa shape index (κ1) is 20.4. The number of anilines is 2. The summed E-state index contributed by atoms with van der Waals surface area (Å²) >= 11 is 6.12. The number of hydrogen-bond acceptors (Lipinski definition) is 3. The minimum atomic E-state index is -3.89. The van der Waals surface area contributed by atoms with Crippen molar-refractivity contribution in [2.75, 3.05) is 16.2 Å². The van der Waals surface area contributed by atoms with Crippen molar-refractivity contribution in [3.63, 3.8) is 0 Å². The number of para-hydroxylation sites is 1. The van der Waals surface area contributed by atoms with E-state index in [1.165, 1.54) is 4.31 Å². The number of nitrogens with zero attached hydrogens (tertiary/aromatic N) is 1. The molecule has 1 amide bonds. The van der Waals surface area contributed by atoms with Crippen LogP contribution >= 0.6 is 11.6 Å². The molecule has 3 aromatic rings. The number of rotatable bonds is 4. The number of amides is 1. The van der Waals surface area contributed by atoms with Gasteiger partial charge in [0.25, 0.3) is 10.0 Å². The standard InChI is InChI=1S/C23H21ClN2O3S/c1-15(2)16-11-12-21-18(13-16)17-7-3-6-10-22(17)30(28,29)26(21)14-23(27)25-20-9-5-4-8-19(20)24/h3-13,15H,14H2,1-2H3,(H,25,27). The van der Waals surface area contributed by atoms with E-state index in [-0.39, 0.29) is 17.4 Å². The number of benzene rings is 3. The van der Waals surface area contributed by atoms with Crippen LogP contribution in [0.5, 0.6) is 0 Å². The maximum absolute atomic E-state index is 13.4. The molecule has 5 nitrogen and oxygen atoms in total. The van der Waals surface area contributed by atoms with E-state index in [9.17, 15) is 13.2 Å². The monoisotopic (exact) mass is 440 g/mol. The van der Waals surface area contributed by atoms with Crippen LogP contribution in [-0.4, -0.2) is 20.9 Å². The molecule has 4 rings (SSSR count). The highest BCUT2D eigenvalue weighted by Gasteiger charge is 2.36. The Bertz CT molecular complexity index is 1240. The smallest absolute Gasteiger partial charge is 0.265 e. The lowest BCUT2D eigenvalue weighted by molar-refractivity contribution is -0.114. The SMILES string of the molecule is CC(C)c1ccc2c(c1)-c1ccccc1S(=O)(=O)N2CC(=O)Nc1ccccc1Cl. The van der Waals surface area contributed by atoms with E-state index in [1.807, 2.05) is 18.2 Å². The summed E-state index contributed by atoms with van der Waals surface area (Å²) < 4.78 is 27.9. The summed E-state index contributed by atoms with van der Waals surface area (Å²) in [4.78, 5) is 12.9. The number of sulfonamides is 1. The van der Waals surface area contributed by atoms with Crippen LogP contribution in [0.4, 0.5) is 11.4 Å². The molecule has 30 heavy (non-hydrogen) atoms. The molecule has 0 fully saturated rings. The fourth-order valence-electron chi connectivity index (χ4n) is 3.56. The molecule has 1 aliphatic heterocycles. The van der Waals surface area contributed by atoms with E-state index in [0.29, 0.717) is 22.0 Å². The summed E-state index contributed by atoms with van der Waals surface area (Å²) in [7, 11) is -3.89. The quantitative estimate of drug-likeness (QED) is 0.600. The summed E-state index contributed by atoms with van der Waals surface area (Å²) in [6.07, 6.45) is 0. The summed E-state index contributed by atoms with van der Waals surface area (Å²) in [5, 5.41) is 3.09. The molecule has 0 aliphatic carbocycles. The van der Waals surface area contributed by atoms with E-state index in [0.717, 1.165) is 11.1 Å². The second-order valence-electron chi connectivity index (χ2n) is 7.47. The number of hydrogen-bond donors (Lipinski definition) is 1. The van der Waals surface area contributed by atoms with Crippen molar-refractivity contribution in [3.8, 4) is 11.1 Å². The van der Waals surface area contributed by atoms with Gasteiger partial charge in [-0.05, 0) is 41.8 Å². The van der Waals surface area contributed by atoms with Gasteiger partial charge in [-0.15, -0.1) is 0 Å². The molecule has 7 heteroatoms. The van der Waals surface area contributed by atoms with Crippen molar-refractivity contribution in [3.05, 3.63) is 77.3 Å². The van der Waals surface area contributed by atoms with Gasteiger partial charge in [-0.2, -0.15) is 0 Å². The molecule has 0 saturated heterocycles. The van der Waals surface area contributed by atoms with E-state index >= 15 is 0 Å². The molecule has 0 atom stereocenters. The van der Waals surface area contributed by atoms with Crippen LogP contribution in [0.3, 0.4) is 0 Å². The van der Waals surface area contributed by atoms with E-state index in [2.05, 4.69) is 19.2 Å². The third kappa shape index (κ3) is 3.57. The van der Waals surface area contributed by atoms with E-state index < -0.39 is 15.9 Å². The molecule has 0 radical (unpaired) electrons. The van der Waals surface area contributed by atoms with Gasteiger partial charge in [0.1, 0.15) is 6.54 Å². The van der Waals surface area contributed by atoms with E-state index in [4.69, 9.17) is 11.6 Å². The maximum atomic E-state index is 13.4. The van der Waals surface area contributed by atoms with Gasteiger partial charge >= 0.3 is 0 Å². The number of carbonyl (C=O) groups excluding carboxylic acids is 1. The first-order valence-corrected chi connectivity index (χ1v) is 11.4. The fraction of sp³-hybridized carbons (Fsp3) is 0.174. The van der Waals surface area contributed by atoms with Crippen LogP contribution in [0, 0.1) is 0 Å². The predicted octanol–water partition coefficient (Wildman–Crippen LogP) is 5.28. The lowest BCUT2D eigenvalue weighted by atomic mass is 9.95. The molecule has 0 bridgehead atoms. The average Bonchev–Trinajstić information content (AvgIpc) is 2.72. The van der Waals surface area contributed by atoms with Crippen LogP contribution in [0.25, 0.3) is 11.1 Å². The molecule has 1 aliphatic rings. The van der Waals surface area contributed by atoms with E-state index in [1.54, 1.807) is 48.5 Å². The molecule has 0 saturated carbocycles. The first-order chi connectivity index (χ1) is 14.3. The van der Waals surface area contributed by atoms with Gasteiger partial charge in [0.15, 0.2) is 0 Å². The van der Waals surface area contributed by atoms with Gasteiger partial charge in [-0.25, -0.2) is 8.42 Å². The van der Waals surface area contributed by atoms with Gasteiger partial charge in [0.05, 0.1) is 21.3 Å². The Kier molecular flexibility index (Phi) is 5.30. The second-order valence-corrected chi connectivity index (χ2v) is 9.71. The zero-order chi connectivity index (χ0) is 21.5. The van der Waals surface area contributed by atoms with Crippen LogP contribution < -0.4 is 9.62 Å². The summed E-state index contributed by atoms with van der Waals surface area (Å²) in [5.41, 5.74) is 3.49. The van der Waals surface area contributed by atoms with Gasteiger partial charge < -0.3 is 5.32 Å². The van der Waals surface area contributed by atoms with Crippen LogP contribution in [0.2, 0.25) is 5.02 Å². The van der Waals surface area contributed by atoms with Crippen molar-refractivity contribution in [1.29, 1.82) is 0 Å². The Balaban J connectivity index is 1.77. The molecular weight excluding hydrogens is 420 g/mol. The highest BCUT2D eigenvalue weighted by molar-refractivity contribution is 7.93. The number of fused-ring (bicyclic) bond motifs is 3. The largest absolute Gasteiger partial charge is 0.323 e. The second kappa shape index (κ2) is 7.78. The summed E-state index contributed by atoms with van der Waals surface area (Å²) in [5.74, 6) is -0.178. The van der Waals surface area contributed by atoms with Gasteiger partial charge in [0, 0.05) is 11.1 Å². The lowest BCUT2D eigenvalue weighted by Gasteiger charge is -2.32. The highest BCUT2D eigenvalue weighted by atomic mass is 35.5. The van der Waals surface area contributed by atoms with Crippen LogP contribution in [0.15, 0.2) is 71.6 Å². The molecule has 1 heterocycles. The number of nitrogens with one attached hydrogen (secondary N) is 1. The molecule has 0 aromatic heterocycles. The topological polar surface area (TPSA) is 66.5 Å². The lowest BCUT2D eigenvalue weighted by Crippen LogP contribution is -2.40. The molecule has 1 N–H and O–H groups in total. The molecule has 0 spiro atoms. The highest BCUT2D eigenvalue weighted by Crippen LogP contribution is 2.44. The van der Waals surface area contributed by atoms with Crippen LogP contribution in [-0.2, 0) is 14.8 Å². The Labute approximate surface area is 181 Å². The van der Waals surface area contributed by atoms with Gasteiger partial charge in [-0.3, -0.25) is 9.10 Å². The maximum Gasteiger partial charge on any atom is 0.265 e. The molecule has 154 valence electrons. The Morgan fingerprint density at radius 3 is 2.43 bits per heavy atom. The third-order valence-corrected chi connectivity index (χ3v) is 7.28. The van der Waals surface area contributed by atoms with Crippen molar-refractivity contribution in [2.24, 2.45) is 0 Å². The number of halogens is 1. The number of carbonyl (C=O) groups is 1. The summed E-state index contributed by atoms with van der Waals surface area (Å²) in [6.45, 7) is 3.82. The first-order valence-electron chi connectivity index (χ1n) is 9.59. The minimum absolute atomic E-state index is 0.198. The summed E-state index contributed by atoms with van der Waals surface area (Å²) in [6, 6.07) is 19.4. The van der Waals surface area contributed by atoms with Crippen molar-refractivity contribution in [1.82, 2.24) is 0 Å². The Morgan fingerprint density at radius 1 is 1.00 bits per heavy atom. The molecule has 0 unspecified atom stereocenters. The fourth-order valence-corrected chi connectivity index (χ4v) is 5.39. The zero-order valence-electron chi connectivity index (χ0n) is 16.6. The normalized spacial score (nSPS) is 14.2. The average molecular weight is 441 g/mol. The van der Waals surface area contributed by atoms with Crippen LogP contribution in [0.1, 0.15) is 25.3 Å². The van der Waals surface area contributed by atoms with Crippen molar-refractivity contribution < 1.29 is 13.2 Å². The minimum Gasteiger partial charge on any atom is -0.323 e. The molecule has 3 aromatic carbocycles. The Hall–Kier alpha value is -2.83. The van der Waals surface area contributed by atoms with Gasteiger partial charge in [-0.1, -0.05) is 61.8 Å². The zero-order valence-corrected chi connectivity index (χ0v) is 18.2. The predicted molar refractivity (Wildman–Crippen MR) is 121 cm³/mol.